The molecule has 2 aromatic carbocycles. The molecule has 6 heteroatoms. The number of alkyl halides is 3. The molecule has 0 aromatic heterocycles. The van der Waals surface area contributed by atoms with Crippen LogP contribution in [-0.2, 0) is 6.18 Å². The molecule has 0 radical (unpaired) electrons. The summed E-state index contributed by atoms with van der Waals surface area (Å²) in [6.07, 6.45) is -4.40. The van der Waals surface area contributed by atoms with E-state index in [1.165, 1.54) is 30.3 Å². The van der Waals surface area contributed by atoms with Gasteiger partial charge in [0.25, 0.3) is 0 Å². The third-order valence-corrected chi connectivity index (χ3v) is 3.18. The monoisotopic (exact) mass is 314 g/mol. The Morgan fingerprint density at radius 1 is 1.05 bits per heavy atom. The molecular weight excluding hydrogens is 300 g/mol. The smallest absolute Gasteiger partial charge is 0.416 e. The van der Waals surface area contributed by atoms with Crippen molar-refractivity contribution in [2.75, 3.05) is 13.2 Å². The van der Waals surface area contributed by atoms with Gasteiger partial charge in [0.05, 0.1) is 18.8 Å². The predicted molar refractivity (Wildman–Crippen MR) is 73.2 cm³/mol. The van der Waals surface area contributed by atoms with Crippen molar-refractivity contribution in [3.05, 3.63) is 65.5 Å². The number of hydrogen-bond acceptors (Lipinski definition) is 2. The van der Waals surface area contributed by atoms with E-state index < -0.39 is 23.5 Å². The highest BCUT2D eigenvalue weighted by Gasteiger charge is 2.30. The van der Waals surface area contributed by atoms with Gasteiger partial charge in [0.2, 0.25) is 0 Å². The topological polar surface area (TPSA) is 29.5 Å². The van der Waals surface area contributed by atoms with Crippen LogP contribution in [0.4, 0.5) is 17.6 Å². The lowest BCUT2D eigenvalue weighted by Crippen LogP contribution is -2.15. The first kappa shape index (κ1) is 16.3. The molecule has 1 atom stereocenters. The van der Waals surface area contributed by atoms with Gasteiger partial charge in [0.15, 0.2) is 0 Å². The highest BCUT2D eigenvalue weighted by atomic mass is 19.4. The highest BCUT2D eigenvalue weighted by Crippen LogP contribution is 2.30. The van der Waals surface area contributed by atoms with Gasteiger partial charge in [-0.25, -0.2) is 4.39 Å². The molecule has 2 aromatic rings. The third-order valence-electron chi connectivity index (χ3n) is 3.18. The Bertz CT molecular complexity index is 608. The van der Waals surface area contributed by atoms with Crippen molar-refractivity contribution in [3.8, 4) is 5.75 Å². The zero-order chi connectivity index (χ0) is 16.2. The first-order valence-corrected chi connectivity index (χ1v) is 6.56. The van der Waals surface area contributed by atoms with Gasteiger partial charge in [0, 0.05) is 12.0 Å². The molecule has 0 amide bonds. The minimum absolute atomic E-state index is 0.0331. The van der Waals surface area contributed by atoms with E-state index in [2.05, 4.69) is 0 Å². The molecule has 0 aliphatic rings. The molecule has 0 fully saturated rings. The Labute approximate surface area is 125 Å². The maximum atomic E-state index is 13.0. The lowest BCUT2D eigenvalue weighted by molar-refractivity contribution is -0.137. The van der Waals surface area contributed by atoms with Crippen LogP contribution in [0.5, 0.6) is 5.75 Å². The van der Waals surface area contributed by atoms with Crippen LogP contribution in [0.3, 0.4) is 0 Å². The van der Waals surface area contributed by atoms with Gasteiger partial charge in [-0.2, -0.15) is 13.2 Å². The summed E-state index contributed by atoms with van der Waals surface area (Å²) in [4.78, 5) is 0. The summed E-state index contributed by atoms with van der Waals surface area (Å²) in [6, 6.07) is 10.0. The average Bonchev–Trinajstić information content (AvgIpc) is 2.47. The lowest BCUT2D eigenvalue weighted by atomic mass is 9.99. The second kappa shape index (κ2) is 6.79. The van der Waals surface area contributed by atoms with E-state index in [4.69, 9.17) is 4.74 Å². The van der Waals surface area contributed by atoms with Gasteiger partial charge in [-0.1, -0.05) is 18.2 Å². The number of benzene rings is 2. The maximum Gasteiger partial charge on any atom is 0.416 e. The Morgan fingerprint density at radius 2 is 1.73 bits per heavy atom. The third kappa shape index (κ3) is 4.21. The average molecular weight is 314 g/mol. The summed E-state index contributed by atoms with van der Waals surface area (Å²) in [5, 5.41) is 9.36. The Kier molecular flexibility index (Phi) is 5.03. The van der Waals surface area contributed by atoms with Crippen molar-refractivity contribution >= 4 is 0 Å². The minimum Gasteiger partial charge on any atom is -0.493 e. The fraction of sp³-hybridized carbons (Fsp3) is 0.250. The SMILES string of the molecule is OCC(COc1cccc(F)c1)c1ccc(C(F)(F)F)cc1. The fourth-order valence-corrected chi connectivity index (χ4v) is 1.95. The van der Waals surface area contributed by atoms with E-state index in [9.17, 15) is 22.7 Å². The number of halogens is 4. The van der Waals surface area contributed by atoms with Gasteiger partial charge in [-0.3, -0.25) is 0 Å². The summed E-state index contributed by atoms with van der Waals surface area (Å²) in [5.41, 5.74) is -0.231. The number of hydrogen-bond donors (Lipinski definition) is 1. The molecular formula is C16H14F4O2. The van der Waals surface area contributed by atoms with Gasteiger partial charge in [0.1, 0.15) is 11.6 Å². The van der Waals surface area contributed by atoms with Gasteiger partial charge >= 0.3 is 6.18 Å². The van der Waals surface area contributed by atoms with Crippen LogP contribution in [0.1, 0.15) is 17.0 Å². The van der Waals surface area contributed by atoms with Crippen molar-refractivity contribution in [3.63, 3.8) is 0 Å². The first-order chi connectivity index (χ1) is 10.4. The van der Waals surface area contributed by atoms with Gasteiger partial charge < -0.3 is 9.84 Å². The quantitative estimate of drug-likeness (QED) is 0.845. The van der Waals surface area contributed by atoms with Crippen LogP contribution in [0, 0.1) is 5.82 Å². The van der Waals surface area contributed by atoms with Gasteiger partial charge in [-0.15, -0.1) is 0 Å². The van der Waals surface area contributed by atoms with E-state index >= 15 is 0 Å². The summed E-state index contributed by atoms with van der Waals surface area (Å²) < 4.78 is 55.9. The van der Waals surface area contributed by atoms with E-state index in [1.54, 1.807) is 6.07 Å². The molecule has 0 spiro atoms. The zero-order valence-corrected chi connectivity index (χ0v) is 11.5. The van der Waals surface area contributed by atoms with Crippen LogP contribution in [0.25, 0.3) is 0 Å². The molecule has 1 unspecified atom stereocenters. The fourth-order valence-electron chi connectivity index (χ4n) is 1.95. The standard InChI is InChI=1S/C16H14F4O2/c17-14-2-1-3-15(8-14)22-10-12(9-21)11-4-6-13(7-5-11)16(18,19)20/h1-8,12,21H,9-10H2. The van der Waals surface area contributed by atoms with Crippen LogP contribution in [-0.4, -0.2) is 18.3 Å². The first-order valence-electron chi connectivity index (χ1n) is 6.56. The predicted octanol–water partition coefficient (Wildman–Crippen LogP) is 4.00. The Morgan fingerprint density at radius 3 is 2.27 bits per heavy atom. The molecule has 0 saturated carbocycles. The Balaban J connectivity index is 2.05. The van der Waals surface area contributed by atoms with Crippen LogP contribution >= 0.6 is 0 Å². The second-order valence-electron chi connectivity index (χ2n) is 4.77. The molecule has 0 saturated heterocycles. The van der Waals surface area contributed by atoms with E-state index in [0.717, 1.165) is 12.1 Å². The molecule has 0 heterocycles. The largest absolute Gasteiger partial charge is 0.493 e. The van der Waals surface area contributed by atoms with Crippen LogP contribution in [0.15, 0.2) is 48.5 Å². The Hall–Kier alpha value is -2.08. The normalized spacial score (nSPS) is 13.0. The van der Waals surface area contributed by atoms with Crippen molar-refractivity contribution in [2.45, 2.75) is 12.1 Å². The van der Waals surface area contributed by atoms with E-state index in [-0.39, 0.29) is 13.2 Å². The molecule has 0 aliphatic carbocycles. The number of rotatable bonds is 5. The second-order valence-corrected chi connectivity index (χ2v) is 4.77. The number of aliphatic hydroxyl groups is 1. The van der Waals surface area contributed by atoms with E-state index in [1.807, 2.05) is 0 Å². The van der Waals surface area contributed by atoms with Crippen LogP contribution in [0.2, 0.25) is 0 Å². The van der Waals surface area contributed by atoms with Crippen molar-refractivity contribution in [1.29, 1.82) is 0 Å². The summed E-state index contributed by atoms with van der Waals surface area (Å²) in [6.45, 7) is -0.258. The van der Waals surface area contributed by atoms with Crippen molar-refractivity contribution in [2.24, 2.45) is 0 Å². The summed E-state index contributed by atoms with van der Waals surface area (Å²) in [7, 11) is 0. The van der Waals surface area contributed by atoms with Crippen LogP contribution < -0.4 is 4.74 Å². The molecule has 1 N–H and O–H groups in total. The number of aliphatic hydroxyl groups excluding tert-OH is 1. The maximum absolute atomic E-state index is 13.0. The van der Waals surface area contributed by atoms with E-state index in [0.29, 0.717) is 11.3 Å². The highest BCUT2D eigenvalue weighted by molar-refractivity contribution is 5.28. The summed E-state index contributed by atoms with van der Waals surface area (Å²) in [5.74, 6) is -0.650. The molecule has 22 heavy (non-hydrogen) atoms. The molecule has 2 rings (SSSR count). The lowest BCUT2D eigenvalue weighted by Gasteiger charge is -2.16. The summed E-state index contributed by atoms with van der Waals surface area (Å²) >= 11 is 0. The molecule has 0 aliphatic heterocycles. The molecule has 118 valence electrons. The molecule has 2 nitrogen and oxygen atoms in total. The molecule has 0 bridgehead atoms. The van der Waals surface area contributed by atoms with Gasteiger partial charge in [-0.05, 0) is 29.8 Å². The van der Waals surface area contributed by atoms with Crippen molar-refractivity contribution < 1.29 is 27.4 Å². The number of ether oxygens (including phenoxy) is 1. The zero-order valence-electron chi connectivity index (χ0n) is 11.5. The minimum atomic E-state index is -4.40. The van der Waals surface area contributed by atoms with Crippen molar-refractivity contribution in [1.82, 2.24) is 0 Å².